The van der Waals surface area contributed by atoms with Crippen molar-refractivity contribution in [2.24, 2.45) is 0 Å². The van der Waals surface area contributed by atoms with Gasteiger partial charge in [-0.05, 0) is 43.3 Å². The topological polar surface area (TPSA) is 77.2 Å². The molecule has 2 heterocycles. The Labute approximate surface area is 139 Å². The molecule has 0 atom stereocenters. The van der Waals surface area contributed by atoms with E-state index >= 15 is 0 Å². The van der Waals surface area contributed by atoms with Gasteiger partial charge in [0.05, 0.1) is 19.2 Å². The molecule has 122 valence electrons. The lowest BCUT2D eigenvalue weighted by Gasteiger charge is -2.03. The van der Waals surface area contributed by atoms with E-state index in [1.165, 1.54) is 0 Å². The van der Waals surface area contributed by atoms with Crippen LogP contribution in [-0.4, -0.2) is 23.2 Å². The van der Waals surface area contributed by atoms with Crippen LogP contribution < -0.4 is 10.1 Å². The average Bonchev–Trinajstić information content (AvgIpc) is 3.03. The molecule has 0 saturated carbocycles. The molecular formula is C18H17N3O3. The van der Waals surface area contributed by atoms with Gasteiger partial charge in [-0.3, -0.25) is 4.79 Å². The zero-order valence-electron chi connectivity index (χ0n) is 13.4. The minimum absolute atomic E-state index is 0.120. The van der Waals surface area contributed by atoms with Crippen LogP contribution in [0.15, 0.2) is 53.1 Å². The number of hydrogen-bond acceptors (Lipinski definition) is 5. The van der Waals surface area contributed by atoms with Gasteiger partial charge < -0.3 is 14.6 Å². The fourth-order valence-electron chi connectivity index (χ4n) is 2.25. The van der Waals surface area contributed by atoms with Crippen molar-refractivity contribution in [3.8, 4) is 17.1 Å². The number of nitrogens with zero attached hydrogens (tertiary/aromatic N) is 2. The number of carbonyl (C=O) groups is 1. The molecule has 0 aliphatic carbocycles. The van der Waals surface area contributed by atoms with Crippen molar-refractivity contribution in [3.05, 3.63) is 59.9 Å². The molecule has 0 unspecified atom stereocenters. The third kappa shape index (κ3) is 3.78. The quantitative estimate of drug-likeness (QED) is 0.780. The number of ether oxygens (including phenoxy) is 1. The first-order valence-electron chi connectivity index (χ1n) is 7.47. The molecule has 0 saturated heterocycles. The van der Waals surface area contributed by atoms with Gasteiger partial charge in [0, 0.05) is 17.3 Å². The number of benzene rings is 1. The molecule has 0 fully saturated rings. The summed E-state index contributed by atoms with van der Waals surface area (Å²) >= 11 is 0. The second-order valence-corrected chi connectivity index (χ2v) is 5.30. The number of aromatic nitrogens is 2. The highest BCUT2D eigenvalue weighted by atomic mass is 16.5. The summed E-state index contributed by atoms with van der Waals surface area (Å²) in [6.45, 7) is 1.87. The molecule has 3 rings (SSSR count). The Morgan fingerprint density at radius 3 is 2.71 bits per heavy atom. The van der Waals surface area contributed by atoms with Crippen LogP contribution in [0.2, 0.25) is 0 Å². The summed E-state index contributed by atoms with van der Waals surface area (Å²) < 4.78 is 10.4. The lowest BCUT2D eigenvalue weighted by molar-refractivity contribution is -0.115. The number of carbonyl (C=O) groups excluding carboxylic acids is 1. The minimum Gasteiger partial charge on any atom is -0.497 e. The average molecular weight is 323 g/mol. The molecule has 24 heavy (non-hydrogen) atoms. The Kier molecular flexibility index (Phi) is 4.56. The highest BCUT2D eigenvalue weighted by Gasteiger charge is 2.11. The van der Waals surface area contributed by atoms with Crippen LogP contribution in [0.5, 0.6) is 5.75 Å². The van der Waals surface area contributed by atoms with E-state index in [1.54, 1.807) is 19.2 Å². The Hall–Kier alpha value is -3.15. The first-order valence-corrected chi connectivity index (χ1v) is 7.47. The zero-order chi connectivity index (χ0) is 16.9. The lowest BCUT2D eigenvalue weighted by Crippen LogP contribution is -2.15. The Morgan fingerprint density at radius 1 is 1.21 bits per heavy atom. The van der Waals surface area contributed by atoms with Crippen molar-refractivity contribution < 1.29 is 14.1 Å². The number of anilines is 1. The molecule has 0 bridgehead atoms. The van der Waals surface area contributed by atoms with Gasteiger partial charge >= 0.3 is 0 Å². The van der Waals surface area contributed by atoms with Gasteiger partial charge in [0.1, 0.15) is 11.6 Å². The zero-order valence-corrected chi connectivity index (χ0v) is 13.4. The molecule has 0 aliphatic heterocycles. The van der Waals surface area contributed by atoms with Gasteiger partial charge in [-0.25, -0.2) is 4.98 Å². The first-order chi connectivity index (χ1) is 11.6. The molecule has 1 amide bonds. The number of hydrogen-bond donors (Lipinski definition) is 1. The third-order valence-electron chi connectivity index (χ3n) is 3.43. The van der Waals surface area contributed by atoms with Crippen molar-refractivity contribution in [2.45, 2.75) is 13.3 Å². The summed E-state index contributed by atoms with van der Waals surface area (Å²) in [7, 11) is 1.61. The number of amides is 1. The van der Waals surface area contributed by atoms with Crippen LogP contribution in [0.25, 0.3) is 11.3 Å². The Balaban J connectivity index is 1.65. The van der Waals surface area contributed by atoms with Gasteiger partial charge in [-0.15, -0.1) is 0 Å². The molecule has 6 heteroatoms. The van der Waals surface area contributed by atoms with Crippen molar-refractivity contribution in [1.82, 2.24) is 10.1 Å². The first kappa shape index (κ1) is 15.7. The van der Waals surface area contributed by atoms with Crippen LogP contribution in [-0.2, 0) is 11.2 Å². The molecule has 0 radical (unpaired) electrons. The molecule has 0 spiro atoms. The summed E-state index contributed by atoms with van der Waals surface area (Å²) in [4.78, 5) is 16.3. The van der Waals surface area contributed by atoms with E-state index < -0.39 is 0 Å². The number of aryl methyl sites for hydroxylation is 1. The summed E-state index contributed by atoms with van der Waals surface area (Å²) in [5.74, 6) is 1.71. The standard InChI is InChI=1S/C18H17N3O3/c1-12-4-3-5-17(19-12)20-18(22)11-14-10-16(24-21-14)13-6-8-15(23-2)9-7-13/h3-10H,11H2,1-2H3,(H,19,20,22). The van der Waals surface area contributed by atoms with Crippen LogP contribution in [0.1, 0.15) is 11.4 Å². The fourth-order valence-corrected chi connectivity index (χ4v) is 2.25. The SMILES string of the molecule is COc1ccc(-c2cc(CC(=O)Nc3cccc(C)n3)no2)cc1. The van der Waals surface area contributed by atoms with Crippen LogP contribution in [0.3, 0.4) is 0 Å². The Bertz CT molecular complexity index is 841. The number of rotatable bonds is 5. The molecular weight excluding hydrogens is 306 g/mol. The number of pyridine rings is 1. The van der Waals surface area contributed by atoms with Gasteiger partial charge in [-0.2, -0.15) is 0 Å². The van der Waals surface area contributed by atoms with Gasteiger partial charge in [0.25, 0.3) is 0 Å². The maximum Gasteiger partial charge on any atom is 0.231 e. The third-order valence-corrected chi connectivity index (χ3v) is 3.43. The molecule has 2 aromatic heterocycles. The number of nitrogens with one attached hydrogen (secondary N) is 1. The normalized spacial score (nSPS) is 10.4. The van der Waals surface area contributed by atoms with Crippen LogP contribution >= 0.6 is 0 Å². The molecule has 1 aromatic carbocycles. The van der Waals surface area contributed by atoms with Crippen molar-refractivity contribution in [3.63, 3.8) is 0 Å². The van der Waals surface area contributed by atoms with E-state index in [1.807, 2.05) is 43.3 Å². The van der Waals surface area contributed by atoms with E-state index in [2.05, 4.69) is 15.5 Å². The maximum absolute atomic E-state index is 12.1. The Morgan fingerprint density at radius 2 is 2.00 bits per heavy atom. The van der Waals surface area contributed by atoms with E-state index in [0.29, 0.717) is 17.3 Å². The summed E-state index contributed by atoms with van der Waals surface area (Å²) in [5.41, 5.74) is 2.28. The second kappa shape index (κ2) is 6.95. The summed E-state index contributed by atoms with van der Waals surface area (Å²) in [5, 5.41) is 6.69. The summed E-state index contributed by atoms with van der Waals surface area (Å²) in [6.07, 6.45) is 0.120. The lowest BCUT2D eigenvalue weighted by atomic mass is 10.1. The highest BCUT2D eigenvalue weighted by molar-refractivity contribution is 5.91. The molecule has 3 aromatic rings. The van der Waals surface area contributed by atoms with E-state index in [-0.39, 0.29) is 12.3 Å². The fraction of sp³-hybridized carbons (Fsp3) is 0.167. The number of methoxy groups -OCH3 is 1. The van der Waals surface area contributed by atoms with Gasteiger partial charge in [-0.1, -0.05) is 11.2 Å². The van der Waals surface area contributed by atoms with Crippen molar-refractivity contribution >= 4 is 11.7 Å². The van der Waals surface area contributed by atoms with Crippen LogP contribution in [0.4, 0.5) is 5.82 Å². The van der Waals surface area contributed by atoms with Gasteiger partial charge in [0.15, 0.2) is 5.76 Å². The monoisotopic (exact) mass is 323 g/mol. The van der Waals surface area contributed by atoms with Gasteiger partial charge in [0.2, 0.25) is 5.91 Å². The van der Waals surface area contributed by atoms with E-state index in [4.69, 9.17) is 9.26 Å². The van der Waals surface area contributed by atoms with Crippen molar-refractivity contribution in [2.75, 3.05) is 12.4 Å². The predicted octanol–water partition coefficient (Wildman–Crippen LogP) is 3.23. The van der Waals surface area contributed by atoms with Crippen LogP contribution in [0, 0.1) is 6.92 Å². The minimum atomic E-state index is -0.192. The second-order valence-electron chi connectivity index (χ2n) is 5.30. The maximum atomic E-state index is 12.1. The smallest absolute Gasteiger partial charge is 0.231 e. The predicted molar refractivity (Wildman–Crippen MR) is 89.8 cm³/mol. The summed E-state index contributed by atoms with van der Waals surface area (Å²) in [6, 6.07) is 14.6. The molecule has 1 N–H and O–H groups in total. The largest absolute Gasteiger partial charge is 0.497 e. The van der Waals surface area contributed by atoms with E-state index in [9.17, 15) is 4.79 Å². The molecule has 6 nitrogen and oxygen atoms in total. The van der Waals surface area contributed by atoms with E-state index in [0.717, 1.165) is 17.0 Å². The molecule has 0 aliphatic rings. The highest BCUT2D eigenvalue weighted by Crippen LogP contribution is 2.23. The van der Waals surface area contributed by atoms with Crippen molar-refractivity contribution in [1.29, 1.82) is 0 Å².